The number of carboxylic acids is 1. The zero-order chi connectivity index (χ0) is 17.2. The molecule has 0 saturated heterocycles. The summed E-state index contributed by atoms with van der Waals surface area (Å²) in [6, 6.07) is 11.2. The Morgan fingerprint density at radius 3 is 2.83 bits per heavy atom. The maximum absolute atomic E-state index is 12.3. The van der Waals surface area contributed by atoms with E-state index in [2.05, 4.69) is 4.72 Å². The highest BCUT2D eigenvalue weighted by molar-refractivity contribution is 7.89. The molecule has 0 aromatic heterocycles. The molecule has 1 aliphatic heterocycles. The summed E-state index contributed by atoms with van der Waals surface area (Å²) < 4.78 is 32.5. The van der Waals surface area contributed by atoms with Crippen LogP contribution in [0.4, 0.5) is 0 Å². The molecule has 2 aromatic rings. The summed E-state index contributed by atoms with van der Waals surface area (Å²) in [5, 5.41) is 8.95. The fourth-order valence-corrected chi connectivity index (χ4v) is 3.68. The largest absolute Gasteiger partial charge is 0.493 e. The van der Waals surface area contributed by atoms with Gasteiger partial charge < -0.3 is 9.84 Å². The zero-order valence-electron chi connectivity index (χ0n) is 12.9. The van der Waals surface area contributed by atoms with Crippen molar-refractivity contribution in [1.82, 2.24) is 4.72 Å². The number of nitrogens with one attached hydrogen (secondary N) is 1. The number of aromatic carboxylic acids is 1. The molecule has 0 aliphatic carbocycles. The van der Waals surface area contributed by atoms with Gasteiger partial charge in [0.05, 0.1) is 17.1 Å². The Morgan fingerprint density at radius 2 is 2.04 bits per heavy atom. The maximum Gasteiger partial charge on any atom is 0.335 e. The zero-order valence-corrected chi connectivity index (χ0v) is 13.7. The average Bonchev–Trinajstić information content (AvgIpc) is 3.02. The van der Waals surface area contributed by atoms with Crippen molar-refractivity contribution in [3.8, 4) is 5.75 Å². The second-order valence-electron chi connectivity index (χ2n) is 5.52. The summed E-state index contributed by atoms with van der Waals surface area (Å²) in [4.78, 5) is 10.9. The van der Waals surface area contributed by atoms with E-state index in [4.69, 9.17) is 9.84 Å². The van der Waals surface area contributed by atoms with E-state index >= 15 is 0 Å². The number of hydrogen-bond donors (Lipinski definition) is 2. The van der Waals surface area contributed by atoms with Crippen molar-refractivity contribution in [3.05, 3.63) is 59.2 Å². The van der Waals surface area contributed by atoms with Gasteiger partial charge in [0.1, 0.15) is 5.75 Å². The van der Waals surface area contributed by atoms with Crippen molar-refractivity contribution >= 4 is 16.0 Å². The molecule has 2 aromatic carbocycles. The monoisotopic (exact) mass is 347 g/mol. The van der Waals surface area contributed by atoms with Crippen LogP contribution in [0.5, 0.6) is 5.75 Å². The van der Waals surface area contributed by atoms with Gasteiger partial charge in [-0.05, 0) is 41.8 Å². The molecule has 126 valence electrons. The van der Waals surface area contributed by atoms with Crippen LogP contribution in [0.1, 0.15) is 21.5 Å². The fourth-order valence-electron chi connectivity index (χ4n) is 2.60. The molecule has 0 unspecified atom stereocenters. The van der Waals surface area contributed by atoms with Crippen molar-refractivity contribution in [2.45, 2.75) is 17.7 Å². The number of hydrogen-bond acceptors (Lipinski definition) is 4. The Balaban J connectivity index is 1.65. The summed E-state index contributed by atoms with van der Waals surface area (Å²) in [5.74, 6) is -0.266. The molecule has 0 fully saturated rings. The van der Waals surface area contributed by atoms with E-state index in [1.54, 1.807) is 0 Å². The van der Waals surface area contributed by atoms with Gasteiger partial charge in [0.15, 0.2) is 0 Å². The van der Waals surface area contributed by atoms with Gasteiger partial charge >= 0.3 is 5.97 Å². The van der Waals surface area contributed by atoms with Crippen LogP contribution in [0, 0.1) is 0 Å². The van der Waals surface area contributed by atoms with Crippen LogP contribution in [-0.4, -0.2) is 32.6 Å². The summed E-state index contributed by atoms with van der Waals surface area (Å²) in [6.45, 7) is 0.921. The van der Waals surface area contributed by atoms with E-state index in [9.17, 15) is 13.2 Å². The number of sulfonamides is 1. The first-order valence-electron chi connectivity index (χ1n) is 7.53. The molecule has 6 nitrogen and oxygen atoms in total. The van der Waals surface area contributed by atoms with Crippen LogP contribution >= 0.6 is 0 Å². The molecule has 0 amide bonds. The number of benzene rings is 2. The average molecular weight is 347 g/mol. The molecule has 0 atom stereocenters. The highest BCUT2D eigenvalue weighted by atomic mass is 32.2. The van der Waals surface area contributed by atoms with Gasteiger partial charge in [0.25, 0.3) is 0 Å². The molecular formula is C17H17NO5S. The second kappa shape index (κ2) is 6.62. The van der Waals surface area contributed by atoms with E-state index in [1.807, 2.05) is 18.2 Å². The molecular weight excluding hydrogens is 330 g/mol. The van der Waals surface area contributed by atoms with Crippen LogP contribution in [0.2, 0.25) is 0 Å². The van der Waals surface area contributed by atoms with E-state index < -0.39 is 16.0 Å². The second-order valence-corrected chi connectivity index (χ2v) is 7.29. The Hall–Kier alpha value is -2.38. The lowest BCUT2D eigenvalue weighted by Gasteiger charge is -2.08. The first-order valence-corrected chi connectivity index (χ1v) is 9.02. The third-order valence-electron chi connectivity index (χ3n) is 3.85. The highest BCUT2D eigenvalue weighted by Crippen LogP contribution is 2.25. The third kappa shape index (κ3) is 3.58. The van der Waals surface area contributed by atoms with Crippen molar-refractivity contribution < 1.29 is 23.1 Å². The van der Waals surface area contributed by atoms with Crippen molar-refractivity contribution in [2.75, 3.05) is 13.2 Å². The van der Waals surface area contributed by atoms with Crippen LogP contribution in [-0.2, 0) is 22.9 Å². The van der Waals surface area contributed by atoms with Gasteiger partial charge in [0.2, 0.25) is 10.0 Å². The molecule has 3 rings (SSSR count). The molecule has 0 radical (unpaired) electrons. The Morgan fingerprint density at radius 1 is 1.21 bits per heavy atom. The maximum atomic E-state index is 12.3. The normalized spacial score (nSPS) is 13.3. The van der Waals surface area contributed by atoms with Crippen molar-refractivity contribution in [1.29, 1.82) is 0 Å². The number of carboxylic acid groups (broad SMARTS) is 1. The fraction of sp³-hybridized carbons (Fsp3) is 0.235. The Labute approximate surface area is 140 Å². The van der Waals surface area contributed by atoms with E-state index in [0.717, 1.165) is 29.4 Å². The molecule has 2 N–H and O–H groups in total. The highest BCUT2D eigenvalue weighted by Gasteiger charge is 2.16. The van der Waals surface area contributed by atoms with Gasteiger partial charge in [-0.3, -0.25) is 0 Å². The molecule has 0 spiro atoms. The summed E-state index contributed by atoms with van der Waals surface area (Å²) in [6.07, 6.45) is 1.42. The molecule has 7 heteroatoms. The van der Waals surface area contributed by atoms with Crippen LogP contribution in [0.15, 0.2) is 47.4 Å². The van der Waals surface area contributed by atoms with Gasteiger partial charge in [-0.15, -0.1) is 0 Å². The molecule has 0 bridgehead atoms. The Bertz CT molecular complexity index is 876. The minimum Gasteiger partial charge on any atom is -0.493 e. The van der Waals surface area contributed by atoms with Crippen LogP contribution in [0.25, 0.3) is 0 Å². The number of ether oxygens (including phenoxy) is 1. The lowest BCUT2D eigenvalue weighted by Crippen LogP contribution is -2.26. The molecule has 1 heterocycles. The van der Waals surface area contributed by atoms with E-state index in [1.165, 1.54) is 18.2 Å². The smallest absolute Gasteiger partial charge is 0.335 e. The van der Waals surface area contributed by atoms with Gasteiger partial charge in [-0.2, -0.15) is 0 Å². The minimum atomic E-state index is -3.74. The molecule has 24 heavy (non-hydrogen) atoms. The third-order valence-corrected chi connectivity index (χ3v) is 5.31. The van der Waals surface area contributed by atoms with Gasteiger partial charge in [0, 0.05) is 13.0 Å². The van der Waals surface area contributed by atoms with Crippen LogP contribution in [0.3, 0.4) is 0 Å². The first-order chi connectivity index (χ1) is 11.5. The molecule has 0 saturated carbocycles. The standard InChI is InChI=1S/C17H17NO5S/c19-17(20)14-2-1-3-15(11-14)24(21,22)18-8-6-12-4-5-16-13(10-12)7-9-23-16/h1-5,10-11,18H,6-9H2,(H,19,20). The van der Waals surface area contributed by atoms with Crippen LogP contribution < -0.4 is 9.46 Å². The summed E-state index contributed by atoms with van der Waals surface area (Å²) in [7, 11) is -3.74. The number of fused-ring (bicyclic) bond motifs is 1. The quantitative estimate of drug-likeness (QED) is 0.832. The number of rotatable bonds is 6. The summed E-state index contributed by atoms with van der Waals surface area (Å²) >= 11 is 0. The van der Waals surface area contributed by atoms with Crippen molar-refractivity contribution in [2.24, 2.45) is 0 Å². The van der Waals surface area contributed by atoms with Gasteiger partial charge in [-0.1, -0.05) is 18.2 Å². The minimum absolute atomic E-state index is 0.0512. The predicted molar refractivity (Wildman–Crippen MR) is 87.9 cm³/mol. The lowest BCUT2D eigenvalue weighted by molar-refractivity contribution is 0.0696. The number of carbonyl (C=O) groups is 1. The molecule has 1 aliphatic rings. The Kier molecular flexibility index (Phi) is 4.55. The topological polar surface area (TPSA) is 92.7 Å². The SMILES string of the molecule is O=C(O)c1cccc(S(=O)(=O)NCCc2ccc3c(c2)CCO3)c1. The first kappa shape index (κ1) is 16.5. The summed E-state index contributed by atoms with van der Waals surface area (Å²) in [5.41, 5.74) is 2.11. The lowest BCUT2D eigenvalue weighted by atomic mass is 10.1. The van der Waals surface area contributed by atoms with E-state index in [-0.39, 0.29) is 17.0 Å². The van der Waals surface area contributed by atoms with Gasteiger partial charge in [-0.25, -0.2) is 17.9 Å². The van der Waals surface area contributed by atoms with E-state index in [0.29, 0.717) is 13.0 Å². The predicted octanol–water partition coefficient (Wildman–Crippen LogP) is 1.84. The van der Waals surface area contributed by atoms with Crippen molar-refractivity contribution in [3.63, 3.8) is 0 Å².